The van der Waals surface area contributed by atoms with Crippen LogP contribution in [0.4, 0.5) is 5.69 Å². The summed E-state index contributed by atoms with van der Waals surface area (Å²) in [5, 5.41) is 3.38. The lowest BCUT2D eigenvalue weighted by molar-refractivity contribution is -0.132. The fourth-order valence-corrected chi connectivity index (χ4v) is 2.58. The van der Waals surface area contributed by atoms with Crippen molar-refractivity contribution in [2.24, 2.45) is 0 Å². The molecule has 0 saturated carbocycles. The number of anilines is 1. The number of nitrogens with one attached hydrogen (secondary N) is 1. The van der Waals surface area contributed by atoms with Crippen molar-refractivity contribution in [1.82, 2.24) is 4.90 Å². The van der Waals surface area contributed by atoms with Gasteiger partial charge in [-0.05, 0) is 43.2 Å². The van der Waals surface area contributed by atoms with E-state index in [0.717, 1.165) is 5.56 Å². The lowest BCUT2D eigenvalue weighted by Gasteiger charge is -2.20. The second-order valence-corrected chi connectivity index (χ2v) is 6.44. The molecule has 0 heterocycles. The van der Waals surface area contributed by atoms with E-state index in [1.807, 2.05) is 12.1 Å². The molecule has 6 heteroatoms. The normalized spacial score (nSPS) is 10.3. The van der Waals surface area contributed by atoms with Crippen molar-refractivity contribution in [3.63, 3.8) is 0 Å². The highest BCUT2D eigenvalue weighted by molar-refractivity contribution is 6.30. The molecule has 0 aliphatic carbocycles. The second kappa shape index (κ2) is 9.15. The van der Waals surface area contributed by atoms with Crippen molar-refractivity contribution < 1.29 is 14.4 Å². The first kappa shape index (κ1) is 19.7. The molecule has 2 rings (SSSR count). The molecule has 0 aliphatic rings. The summed E-state index contributed by atoms with van der Waals surface area (Å²) in [5.74, 6) is -0.557. The molecular formula is C20H21ClN2O3. The third-order valence-corrected chi connectivity index (χ3v) is 4.17. The summed E-state index contributed by atoms with van der Waals surface area (Å²) < 4.78 is 0. The van der Waals surface area contributed by atoms with Gasteiger partial charge in [0, 0.05) is 29.7 Å². The lowest BCUT2D eigenvalue weighted by atomic mass is 10.1. The molecule has 0 atom stereocenters. The molecule has 26 heavy (non-hydrogen) atoms. The van der Waals surface area contributed by atoms with Gasteiger partial charge >= 0.3 is 0 Å². The van der Waals surface area contributed by atoms with Gasteiger partial charge < -0.3 is 10.2 Å². The molecule has 0 radical (unpaired) electrons. The monoisotopic (exact) mass is 372 g/mol. The van der Waals surface area contributed by atoms with Crippen LogP contribution >= 0.6 is 11.6 Å². The quantitative estimate of drug-likeness (QED) is 0.755. The maximum Gasteiger partial charge on any atom is 0.243 e. The molecule has 0 aromatic heterocycles. The Kier molecular flexibility index (Phi) is 6.92. The van der Waals surface area contributed by atoms with Gasteiger partial charge in [0.25, 0.3) is 0 Å². The zero-order valence-corrected chi connectivity index (χ0v) is 15.5. The van der Waals surface area contributed by atoms with E-state index in [0.29, 0.717) is 29.2 Å². The number of rotatable bonds is 7. The van der Waals surface area contributed by atoms with Crippen LogP contribution in [0.15, 0.2) is 48.5 Å². The van der Waals surface area contributed by atoms with Crippen LogP contribution in [0.25, 0.3) is 0 Å². The minimum Gasteiger partial charge on any atom is -0.333 e. The zero-order chi connectivity index (χ0) is 19.1. The van der Waals surface area contributed by atoms with Gasteiger partial charge in [0.2, 0.25) is 11.8 Å². The highest BCUT2D eigenvalue weighted by Gasteiger charge is 2.14. The number of hydrogen-bond donors (Lipinski definition) is 1. The van der Waals surface area contributed by atoms with E-state index in [1.165, 1.54) is 18.7 Å². The predicted octanol–water partition coefficient (Wildman–Crippen LogP) is 3.57. The Hall–Kier alpha value is -2.66. The minimum atomic E-state index is -0.308. The first-order chi connectivity index (χ1) is 12.3. The van der Waals surface area contributed by atoms with Gasteiger partial charge in [0.1, 0.15) is 0 Å². The number of carbonyl (C=O) groups excluding carboxylic acids is 3. The summed E-state index contributed by atoms with van der Waals surface area (Å²) in [7, 11) is 0. The van der Waals surface area contributed by atoms with Crippen molar-refractivity contribution in [2.45, 2.75) is 20.3 Å². The fraction of sp³-hybridized carbons (Fsp3) is 0.250. The van der Waals surface area contributed by atoms with Crippen LogP contribution in [0.5, 0.6) is 0 Å². The van der Waals surface area contributed by atoms with Gasteiger partial charge in [0.05, 0.1) is 6.54 Å². The maximum absolute atomic E-state index is 12.3. The molecule has 2 aromatic rings. The second-order valence-electron chi connectivity index (χ2n) is 6.00. The summed E-state index contributed by atoms with van der Waals surface area (Å²) in [6, 6.07) is 14.1. The number of amides is 2. The maximum atomic E-state index is 12.3. The van der Waals surface area contributed by atoms with E-state index in [4.69, 9.17) is 11.6 Å². The van der Waals surface area contributed by atoms with Crippen LogP contribution in [0.3, 0.4) is 0 Å². The van der Waals surface area contributed by atoms with E-state index in [-0.39, 0.29) is 24.1 Å². The predicted molar refractivity (Wildman–Crippen MR) is 102 cm³/mol. The molecule has 5 nitrogen and oxygen atoms in total. The molecule has 2 amide bonds. The average Bonchev–Trinajstić information content (AvgIpc) is 2.60. The van der Waals surface area contributed by atoms with Crippen molar-refractivity contribution in [3.05, 3.63) is 64.7 Å². The van der Waals surface area contributed by atoms with Gasteiger partial charge in [-0.25, -0.2) is 0 Å². The number of nitrogens with zero attached hydrogens (tertiary/aromatic N) is 1. The smallest absolute Gasteiger partial charge is 0.243 e. The van der Waals surface area contributed by atoms with Crippen molar-refractivity contribution >= 4 is 34.9 Å². The molecule has 0 aliphatic heterocycles. The third kappa shape index (κ3) is 6.01. The Bertz CT molecular complexity index is 803. The van der Waals surface area contributed by atoms with Gasteiger partial charge in [-0.15, -0.1) is 0 Å². The van der Waals surface area contributed by atoms with E-state index in [9.17, 15) is 14.4 Å². The lowest BCUT2D eigenvalue weighted by Crippen LogP contribution is -2.38. The fourth-order valence-electron chi connectivity index (χ4n) is 2.45. The number of halogens is 1. The first-order valence-corrected chi connectivity index (χ1v) is 8.64. The van der Waals surface area contributed by atoms with Crippen LogP contribution < -0.4 is 5.32 Å². The average molecular weight is 373 g/mol. The van der Waals surface area contributed by atoms with Crippen LogP contribution in [0.2, 0.25) is 5.02 Å². The summed E-state index contributed by atoms with van der Waals surface area (Å²) in [6.07, 6.45) is 0.629. The third-order valence-electron chi connectivity index (χ3n) is 3.92. The van der Waals surface area contributed by atoms with Crippen LogP contribution in [0.1, 0.15) is 29.8 Å². The molecule has 1 N–H and O–H groups in total. The summed E-state index contributed by atoms with van der Waals surface area (Å²) in [6.45, 7) is 3.28. The number of carbonyl (C=O) groups is 3. The van der Waals surface area contributed by atoms with Crippen LogP contribution in [-0.4, -0.2) is 35.6 Å². The van der Waals surface area contributed by atoms with Gasteiger partial charge in [0.15, 0.2) is 5.78 Å². The standard InChI is InChI=1S/C20H21ClN2O3/c1-14(24)17-4-3-5-19(12-17)22-20(26)13-23(15(2)25)11-10-16-6-8-18(21)9-7-16/h3-9,12H,10-11,13H2,1-2H3,(H,22,26). The van der Waals surface area contributed by atoms with Crippen LogP contribution in [-0.2, 0) is 16.0 Å². The zero-order valence-electron chi connectivity index (χ0n) is 14.8. The van der Waals surface area contributed by atoms with E-state index in [1.54, 1.807) is 36.4 Å². The number of Topliss-reactive ketones (excluding diaryl/α,β-unsaturated/α-hetero) is 1. The van der Waals surface area contributed by atoms with E-state index >= 15 is 0 Å². The molecule has 0 fully saturated rings. The van der Waals surface area contributed by atoms with Crippen LogP contribution in [0, 0.1) is 0 Å². The Morgan fingerprint density at radius 1 is 1.04 bits per heavy atom. The largest absolute Gasteiger partial charge is 0.333 e. The minimum absolute atomic E-state index is 0.0484. The Morgan fingerprint density at radius 2 is 1.73 bits per heavy atom. The molecule has 0 spiro atoms. The molecule has 0 unspecified atom stereocenters. The number of ketones is 1. The van der Waals surface area contributed by atoms with Gasteiger partial charge in [-0.1, -0.05) is 35.9 Å². The van der Waals surface area contributed by atoms with Crippen molar-refractivity contribution in [2.75, 3.05) is 18.4 Å². The van der Waals surface area contributed by atoms with E-state index < -0.39 is 0 Å². The highest BCUT2D eigenvalue weighted by atomic mass is 35.5. The van der Waals surface area contributed by atoms with Crippen molar-refractivity contribution in [3.8, 4) is 0 Å². The number of benzene rings is 2. The SMILES string of the molecule is CC(=O)c1cccc(NC(=O)CN(CCc2ccc(Cl)cc2)C(C)=O)c1. The molecular weight excluding hydrogens is 352 g/mol. The topological polar surface area (TPSA) is 66.5 Å². The molecule has 2 aromatic carbocycles. The molecule has 136 valence electrons. The summed E-state index contributed by atoms with van der Waals surface area (Å²) in [4.78, 5) is 37.0. The Morgan fingerprint density at radius 3 is 2.35 bits per heavy atom. The van der Waals surface area contributed by atoms with Crippen molar-refractivity contribution in [1.29, 1.82) is 0 Å². The summed E-state index contributed by atoms with van der Waals surface area (Å²) >= 11 is 5.86. The molecule has 0 saturated heterocycles. The highest BCUT2D eigenvalue weighted by Crippen LogP contribution is 2.12. The van der Waals surface area contributed by atoms with Gasteiger partial charge in [-0.3, -0.25) is 14.4 Å². The summed E-state index contributed by atoms with van der Waals surface area (Å²) in [5.41, 5.74) is 2.09. The first-order valence-electron chi connectivity index (χ1n) is 8.26. The number of hydrogen-bond acceptors (Lipinski definition) is 3. The van der Waals surface area contributed by atoms with Gasteiger partial charge in [-0.2, -0.15) is 0 Å². The Balaban J connectivity index is 1.95. The molecule has 0 bridgehead atoms. The van der Waals surface area contributed by atoms with E-state index in [2.05, 4.69) is 5.32 Å². The Labute approximate surface area is 158 Å².